The van der Waals surface area contributed by atoms with E-state index < -0.39 is 0 Å². The van der Waals surface area contributed by atoms with Crippen LogP contribution in [0.5, 0.6) is 0 Å². The standard InChI is InChI=1S/C4H2Cl2N2O/c5-2-1-7-8-4(9)3(2)6/h1H,(H,8,9)/p+1. The minimum atomic E-state index is -0.343. The van der Waals surface area contributed by atoms with Crippen LogP contribution in [0.1, 0.15) is 0 Å². The number of hydrogen-bond acceptors (Lipinski definition) is 2. The maximum absolute atomic E-state index is 10.6. The van der Waals surface area contributed by atoms with Gasteiger partial charge in [-0.15, -0.1) is 0 Å². The van der Waals surface area contributed by atoms with Crippen LogP contribution in [-0.4, -0.2) is 12.1 Å². The first-order chi connectivity index (χ1) is 4.22. The van der Waals surface area contributed by atoms with Gasteiger partial charge >= 0.3 is 5.91 Å². The number of nitrogens with zero attached hydrogens (tertiary/aromatic N) is 1. The lowest BCUT2D eigenvalue weighted by molar-refractivity contribution is -0.570. The number of primary amides is 1. The third-order valence-corrected chi connectivity index (χ3v) is 1.58. The summed E-state index contributed by atoms with van der Waals surface area (Å²) in [5, 5.41) is 3.75. The van der Waals surface area contributed by atoms with Crippen molar-refractivity contribution in [2.45, 2.75) is 0 Å². The molecule has 0 saturated carbocycles. The first kappa shape index (κ1) is 6.74. The van der Waals surface area contributed by atoms with Crippen molar-refractivity contribution in [3.8, 4) is 0 Å². The van der Waals surface area contributed by atoms with E-state index in [0.29, 0.717) is 0 Å². The van der Waals surface area contributed by atoms with Gasteiger partial charge in [0, 0.05) is 0 Å². The Morgan fingerprint density at radius 1 is 1.56 bits per heavy atom. The highest BCUT2D eigenvalue weighted by molar-refractivity contribution is 6.52. The van der Waals surface area contributed by atoms with Gasteiger partial charge in [0.15, 0.2) is 5.03 Å². The molecule has 0 aromatic carbocycles. The van der Waals surface area contributed by atoms with Gasteiger partial charge in [-0.2, -0.15) is 5.43 Å². The van der Waals surface area contributed by atoms with Gasteiger partial charge in [-0.1, -0.05) is 28.3 Å². The number of allylic oxidation sites excluding steroid dienone is 1. The lowest BCUT2D eigenvalue weighted by Gasteiger charge is -1.96. The summed E-state index contributed by atoms with van der Waals surface area (Å²) in [6.45, 7) is 0. The van der Waals surface area contributed by atoms with E-state index in [-0.39, 0.29) is 16.0 Å². The number of quaternary nitrogens is 1. The van der Waals surface area contributed by atoms with Gasteiger partial charge in [0.05, 0.1) is 5.03 Å². The SMILES string of the molecule is O=C1[NH2+]N=CC(Cl)=C1Cl. The Labute approximate surface area is 61.3 Å². The van der Waals surface area contributed by atoms with Gasteiger partial charge in [-0.05, 0) is 0 Å². The topological polar surface area (TPSA) is 46.0 Å². The van der Waals surface area contributed by atoms with E-state index in [0.717, 1.165) is 5.43 Å². The number of rotatable bonds is 0. The maximum Gasteiger partial charge on any atom is 0.381 e. The molecule has 0 aromatic heterocycles. The van der Waals surface area contributed by atoms with Crippen molar-refractivity contribution < 1.29 is 10.2 Å². The predicted molar refractivity (Wildman–Crippen MR) is 34.2 cm³/mol. The van der Waals surface area contributed by atoms with Crippen LogP contribution in [0.25, 0.3) is 0 Å². The Hall–Kier alpha value is -0.380. The number of amides is 1. The van der Waals surface area contributed by atoms with Crippen molar-refractivity contribution in [2.75, 3.05) is 0 Å². The molecule has 0 atom stereocenters. The molecule has 0 radical (unpaired) electrons. The summed E-state index contributed by atoms with van der Waals surface area (Å²) in [7, 11) is 0. The third kappa shape index (κ3) is 1.30. The minimum absolute atomic E-state index is 0.0340. The number of nitrogens with two attached hydrogens (primary N) is 1. The van der Waals surface area contributed by atoms with Gasteiger partial charge in [0.1, 0.15) is 6.21 Å². The van der Waals surface area contributed by atoms with Crippen molar-refractivity contribution in [1.82, 2.24) is 0 Å². The first-order valence-corrected chi connectivity index (χ1v) is 2.93. The molecule has 2 N–H and O–H groups in total. The lowest BCUT2D eigenvalue weighted by Crippen LogP contribution is -2.83. The largest absolute Gasteiger partial charge is 0.381 e. The highest BCUT2D eigenvalue weighted by atomic mass is 35.5. The molecule has 5 heteroatoms. The average molecular weight is 166 g/mol. The average Bonchev–Trinajstić information content (AvgIpc) is 1.83. The van der Waals surface area contributed by atoms with Gasteiger partial charge < -0.3 is 0 Å². The maximum atomic E-state index is 10.6. The fraction of sp³-hybridized carbons (Fsp3) is 0. The summed E-state index contributed by atoms with van der Waals surface area (Å²) >= 11 is 10.8. The molecule has 0 bridgehead atoms. The van der Waals surface area contributed by atoms with Crippen LogP contribution in [0, 0.1) is 0 Å². The molecular formula is C4H3Cl2N2O+. The molecule has 1 heterocycles. The van der Waals surface area contributed by atoms with Crippen molar-refractivity contribution in [3.63, 3.8) is 0 Å². The van der Waals surface area contributed by atoms with Gasteiger partial charge in [-0.3, -0.25) is 0 Å². The van der Waals surface area contributed by atoms with Crippen molar-refractivity contribution in [2.24, 2.45) is 5.10 Å². The molecule has 1 aliphatic rings. The smallest absolute Gasteiger partial charge is 0.222 e. The highest BCUT2D eigenvalue weighted by Crippen LogP contribution is 2.11. The molecule has 0 spiro atoms. The Bertz CT molecular complexity index is 209. The lowest BCUT2D eigenvalue weighted by atomic mass is 10.4. The second-order valence-corrected chi connectivity index (χ2v) is 2.22. The van der Waals surface area contributed by atoms with Crippen LogP contribution in [0.4, 0.5) is 0 Å². The van der Waals surface area contributed by atoms with Crippen molar-refractivity contribution in [3.05, 3.63) is 10.1 Å². The number of hydrogen-bond donors (Lipinski definition) is 1. The number of halogens is 2. The summed E-state index contributed by atoms with van der Waals surface area (Å²) in [5.41, 5.74) is 1.12. The van der Waals surface area contributed by atoms with E-state index in [4.69, 9.17) is 23.2 Å². The molecule has 48 valence electrons. The third-order valence-electron chi connectivity index (χ3n) is 0.806. The Morgan fingerprint density at radius 2 is 2.22 bits per heavy atom. The summed E-state index contributed by atoms with van der Waals surface area (Å²) in [4.78, 5) is 10.6. The fourth-order valence-corrected chi connectivity index (χ4v) is 0.649. The quantitative estimate of drug-likeness (QED) is 0.496. The van der Waals surface area contributed by atoms with Crippen LogP contribution in [0.2, 0.25) is 0 Å². The molecule has 0 saturated heterocycles. The molecule has 0 fully saturated rings. The van der Waals surface area contributed by atoms with Gasteiger partial charge in [-0.25, -0.2) is 4.79 Å². The predicted octanol–water partition coefficient (Wildman–Crippen LogP) is -0.235. The van der Waals surface area contributed by atoms with Crippen LogP contribution >= 0.6 is 23.2 Å². The van der Waals surface area contributed by atoms with Gasteiger partial charge in [0.25, 0.3) is 0 Å². The van der Waals surface area contributed by atoms with Crippen LogP contribution < -0.4 is 5.43 Å². The molecule has 1 rings (SSSR count). The first-order valence-electron chi connectivity index (χ1n) is 2.18. The van der Waals surface area contributed by atoms with E-state index in [9.17, 15) is 4.79 Å². The summed E-state index contributed by atoms with van der Waals surface area (Å²) in [6.07, 6.45) is 1.32. The Balaban J connectivity index is 2.97. The van der Waals surface area contributed by atoms with Crippen LogP contribution in [-0.2, 0) is 4.79 Å². The van der Waals surface area contributed by atoms with E-state index in [1.54, 1.807) is 0 Å². The minimum Gasteiger partial charge on any atom is -0.222 e. The number of carbonyl (C=O) groups is 1. The molecule has 3 nitrogen and oxygen atoms in total. The molecular weight excluding hydrogens is 163 g/mol. The molecule has 9 heavy (non-hydrogen) atoms. The summed E-state index contributed by atoms with van der Waals surface area (Å²) in [6, 6.07) is 0. The number of carbonyl (C=O) groups excluding carboxylic acids is 1. The molecule has 0 aromatic rings. The molecule has 1 amide bonds. The van der Waals surface area contributed by atoms with E-state index in [2.05, 4.69) is 5.10 Å². The molecule has 0 aliphatic carbocycles. The highest BCUT2D eigenvalue weighted by Gasteiger charge is 2.18. The van der Waals surface area contributed by atoms with E-state index in [1.807, 2.05) is 0 Å². The monoisotopic (exact) mass is 165 g/mol. The van der Waals surface area contributed by atoms with Gasteiger partial charge in [0.2, 0.25) is 0 Å². The van der Waals surface area contributed by atoms with Crippen LogP contribution in [0.3, 0.4) is 0 Å². The second-order valence-electron chi connectivity index (χ2n) is 1.43. The molecule has 0 unspecified atom stereocenters. The summed E-state index contributed by atoms with van der Waals surface area (Å²) in [5.74, 6) is -0.343. The van der Waals surface area contributed by atoms with Crippen LogP contribution in [0.15, 0.2) is 15.2 Å². The zero-order chi connectivity index (χ0) is 6.85. The normalized spacial score (nSPS) is 19.1. The molecule has 1 aliphatic heterocycles. The van der Waals surface area contributed by atoms with E-state index >= 15 is 0 Å². The second kappa shape index (κ2) is 2.47. The Morgan fingerprint density at radius 3 is 2.67 bits per heavy atom. The Kier molecular flexibility index (Phi) is 1.85. The van der Waals surface area contributed by atoms with E-state index in [1.165, 1.54) is 6.21 Å². The zero-order valence-corrected chi connectivity index (χ0v) is 5.78. The zero-order valence-electron chi connectivity index (χ0n) is 4.27. The van der Waals surface area contributed by atoms with Crippen molar-refractivity contribution in [1.29, 1.82) is 0 Å². The summed E-state index contributed by atoms with van der Waals surface area (Å²) < 4.78 is 0. The van der Waals surface area contributed by atoms with Crippen molar-refractivity contribution >= 4 is 35.3 Å². The fourth-order valence-electron chi connectivity index (χ4n) is 0.401.